The van der Waals surface area contributed by atoms with Crippen LogP contribution >= 0.6 is 0 Å². The Morgan fingerprint density at radius 3 is 2.46 bits per heavy atom. The first-order valence-electron chi connectivity index (χ1n) is 8.03. The number of benzene rings is 2. The van der Waals surface area contributed by atoms with Crippen LogP contribution in [0.4, 0.5) is 13.2 Å². The van der Waals surface area contributed by atoms with E-state index in [0.717, 1.165) is 17.7 Å². The van der Waals surface area contributed by atoms with Gasteiger partial charge in [-0.3, -0.25) is 0 Å². The van der Waals surface area contributed by atoms with Crippen molar-refractivity contribution in [2.45, 2.75) is 25.2 Å². The second-order valence-corrected chi connectivity index (χ2v) is 5.84. The first-order chi connectivity index (χ1) is 12.3. The van der Waals surface area contributed by atoms with E-state index in [9.17, 15) is 18.0 Å². The number of methoxy groups -OCH3 is 1. The highest BCUT2D eigenvalue weighted by molar-refractivity contribution is 5.87. The molecule has 7 heteroatoms. The Hall–Kier alpha value is -2.38. The third-order valence-corrected chi connectivity index (χ3v) is 3.98. The largest absolute Gasteiger partial charge is 0.478 e. The van der Waals surface area contributed by atoms with E-state index in [0.29, 0.717) is 25.1 Å². The van der Waals surface area contributed by atoms with Crippen LogP contribution in [0.1, 0.15) is 39.5 Å². The third-order valence-electron chi connectivity index (χ3n) is 3.98. The van der Waals surface area contributed by atoms with Gasteiger partial charge in [-0.25, -0.2) is 4.79 Å². The molecule has 0 aliphatic rings. The van der Waals surface area contributed by atoms with Gasteiger partial charge in [-0.1, -0.05) is 24.3 Å². The van der Waals surface area contributed by atoms with Crippen LogP contribution in [-0.4, -0.2) is 24.8 Å². The molecule has 0 bridgehead atoms. The van der Waals surface area contributed by atoms with Crippen molar-refractivity contribution in [3.63, 3.8) is 0 Å². The van der Waals surface area contributed by atoms with Crippen LogP contribution < -0.4 is 5.32 Å². The van der Waals surface area contributed by atoms with E-state index in [4.69, 9.17) is 9.84 Å². The zero-order valence-electron chi connectivity index (χ0n) is 14.2. The summed E-state index contributed by atoms with van der Waals surface area (Å²) in [4.78, 5) is 10.9. The molecule has 2 rings (SSSR count). The molecule has 2 aromatic rings. The molecule has 140 valence electrons. The highest BCUT2D eigenvalue weighted by atomic mass is 19.4. The molecule has 1 unspecified atom stereocenters. The molecule has 26 heavy (non-hydrogen) atoms. The summed E-state index contributed by atoms with van der Waals surface area (Å²) < 4.78 is 43.9. The standard InChI is InChI=1S/C19H20F3NO3/c1-26-10-9-17(15-3-2-4-16(11-15)19(20,21)22)23-12-13-5-7-14(8-6-13)18(24)25/h2-8,11,17,23H,9-10,12H2,1H3,(H,24,25). The molecular weight excluding hydrogens is 347 g/mol. The highest BCUT2D eigenvalue weighted by Gasteiger charge is 2.30. The number of alkyl halides is 3. The van der Waals surface area contributed by atoms with Crippen LogP contribution in [0.25, 0.3) is 0 Å². The number of ether oxygens (including phenoxy) is 1. The summed E-state index contributed by atoms with van der Waals surface area (Å²) in [5.74, 6) is -1.01. The maximum atomic E-state index is 12.9. The number of carboxylic acid groups (broad SMARTS) is 1. The number of aromatic carboxylic acids is 1. The number of carbonyl (C=O) groups is 1. The van der Waals surface area contributed by atoms with Crippen LogP contribution in [0.15, 0.2) is 48.5 Å². The zero-order valence-corrected chi connectivity index (χ0v) is 14.2. The summed E-state index contributed by atoms with van der Waals surface area (Å²) in [7, 11) is 1.54. The molecule has 0 aliphatic heterocycles. The Kier molecular flexibility index (Phi) is 6.76. The number of hydrogen-bond donors (Lipinski definition) is 2. The van der Waals surface area contributed by atoms with E-state index in [2.05, 4.69) is 5.32 Å². The van der Waals surface area contributed by atoms with Gasteiger partial charge in [0, 0.05) is 26.3 Å². The van der Waals surface area contributed by atoms with E-state index < -0.39 is 17.7 Å². The van der Waals surface area contributed by atoms with Crippen LogP contribution in [0, 0.1) is 0 Å². The fourth-order valence-corrected chi connectivity index (χ4v) is 2.56. The van der Waals surface area contributed by atoms with Gasteiger partial charge in [0.05, 0.1) is 11.1 Å². The van der Waals surface area contributed by atoms with Gasteiger partial charge in [0.25, 0.3) is 0 Å². The second kappa shape index (κ2) is 8.82. The Labute approximate surface area is 149 Å². The molecule has 0 radical (unpaired) electrons. The van der Waals surface area contributed by atoms with E-state index in [1.807, 2.05) is 0 Å². The van der Waals surface area contributed by atoms with Crippen LogP contribution in [0.3, 0.4) is 0 Å². The number of carboxylic acids is 1. The summed E-state index contributed by atoms with van der Waals surface area (Å²) >= 11 is 0. The van der Waals surface area contributed by atoms with E-state index in [-0.39, 0.29) is 11.6 Å². The molecule has 0 heterocycles. The Morgan fingerprint density at radius 2 is 1.88 bits per heavy atom. The number of rotatable bonds is 8. The van der Waals surface area contributed by atoms with E-state index in [1.165, 1.54) is 25.3 Å². The van der Waals surface area contributed by atoms with E-state index >= 15 is 0 Å². The summed E-state index contributed by atoms with van der Waals surface area (Å²) in [6, 6.07) is 11.2. The molecule has 0 aromatic heterocycles. The first kappa shape index (κ1) is 19.9. The molecule has 0 saturated heterocycles. The molecule has 2 N–H and O–H groups in total. The lowest BCUT2D eigenvalue weighted by molar-refractivity contribution is -0.137. The third kappa shape index (κ3) is 5.57. The number of halogens is 3. The summed E-state index contributed by atoms with van der Waals surface area (Å²) in [6.07, 6.45) is -3.89. The van der Waals surface area contributed by atoms with Gasteiger partial charge < -0.3 is 15.2 Å². The van der Waals surface area contributed by atoms with Gasteiger partial charge in [-0.15, -0.1) is 0 Å². The quantitative estimate of drug-likeness (QED) is 0.732. The van der Waals surface area contributed by atoms with Crippen molar-refractivity contribution < 1.29 is 27.8 Å². The average molecular weight is 367 g/mol. The maximum absolute atomic E-state index is 12.9. The minimum atomic E-state index is -4.39. The first-order valence-corrected chi connectivity index (χ1v) is 8.03. The maximum Gasteiger partial charge on any atom is 0.416 e. The average Bonchev–Trinajstić information content (AvgIpc) is 2.61. The number of nitrogens with one attached hydrogen (secondary N) is 1. The van der Waals surface area contributed by atoms with Crippen molar-refractivity contribution in [1.29, 1.82) is 0 Å². The van der Waals surface area contributed by atoms with Crippen LogP contribution in [0.2, 0.25) is 0 Å². The molecule has 1 atom stereocenters. The molecule has 0 aliphatic carbocycles. The normalized spacial score (nSPS) is 12.8. The Bertz CT molecular complexity index is 730. The zero-order chi connectivity index (χ0) is 19.2. The SMILES string of the molecule is COCCC(NCc1ccc(C(=O)O)cc1)c1cccc(C(F)(F)F)c1. The summed E-state index contributed by atoms with van der Waals surface area (Å²) in [5, 5.41) is 12.1. The summed E-state index contributed by atoms with van der Waals surface area (Å²) in [6.45, 7) is 0.788. The lowest BCUT2D eigenvalue weighted by Crippen LogP contribution is -2.23. The molecule has 2 aromatic carbocycles. The fourth-order valence-electron chi connectivity index (χ4n) is 2.56. The van der Waals surface area contributed by atoms with Gasteiger partial charge >= 0.3 is 12.1 Å². The lowest BCUT2D eigenvalue weighted by Gasteiger charge is -2.20. The van der Waals surface area contributed by atoms with Crippen molar-refractivity contribution in [3.05, 3.63) is 70.8 Å². The van der Waals surface area contributed by atoms with E-state index in [1.54, 1.807) is 18.2 Å². The predicted octanol–water partition coefficient (Wildman–Crippen LogP) is 4.27. The molecule has 0 saturated carbocycles. The molecule has 0 fully saturated rings. The highest BCUT2D eigenvalue weighted by Crippen LogP contribution is 2.31. The molecule has 0 spiro atoms. The van der Waals surface area contributed by atoms with Crippen molar-refractivity contribution >= 4 is 5.97 Å². The summed E-state index contributed by atoms with van der Waals surface area (Å²) in [5.41, 5.74) is 0.857. The van der Waals surface area contributed by atoms with Crippen LogP contribution in [-0.2, 0) is 17.5 Å². The monoisotopic (exact) mass is 367 g/mol. The van der Waals surface area contributed by atoms with Crippen molar-refractivity contribution in [3.8, 4) is 0 Å². The smallest absolute Gasteiger partial charge is 0.416 e. The second-order valence-electron chi connectivity index (χ2n) is 5.84. The minimum Gasteiger partial charge on any atom is -0.478 e. The Balaban J connectivity index is 2.13. The van der Waals surface area contributed by atoms with Crippen molar-refractivity contribution in [2.75, 3.05) is 13.7 Å². The minimum absolute atomic E-state index is 0.183. The van der Waals surface area contributed by atoms with Crippen molar-refractivity contribution in [2.24, 2.45) is 0 Å². The predicted molar refractivity (Wildman–Crippen MR) is 90.9 cm³/mol. The topological polar surface area (TPSA) is 58.6 Å². The van der Waals surface area contributed by atoms with Gasteiger partial charge in [-0.2, -0.15) is 13.2 Å². The van der Waals surface area contributed by atoms with Crippen molar-refractivity contribution in [1.82, 2.24) is 5.32 Å². The lowest BCUT2D eigenvalue weighted by atomic mass is 10.0. The Morgan fingerprint density at radius 1 is 1.19 bits per heavy atom. The molecule has 4 nitrogen and oxygen atoms in total. The van der Waals surface area contributed by atoms with Crippen LogP contribution in [0.5, 0.6) is 0 Å². The van der Waals surface area contributed by atoms with Gasteiger partial charge in [0.2, 0.25) is 0 Å². The molecule has 0 amide bonds. The number of hydrogen-bond acceptors (Lipinski definition) is 3. The molecular formula is C19H20F3NO3. The van der Waals surface area contributed by atoms with Gasteiger partial charge in [0.15, 0.2) is 0 Å². The van der Waals surface area contributed by atoms with Gasteiger partial charge in [-0.05, 0) is 41.8 Å². The fraction of sp³-hybridized carbons (Fsp3) is 0.316. The van der Waals surface area contributed by atoms with Gasteiger partial charge in [0.1, 0.15) is 0 Å².